The Morgan fingerprint density at radius 3 is 2.74 bits per heavy atom. The number of H-pyrrole nitrogens is 1. The fraction of sp³-hybridized carbons (Fsp3) is 0.571. The number of benzene rings is 1. The summed E-state index contributed by atoms with van der Waals surface area (Å²) in [7, 11) is 0. The number of Topliss-reactive ketones (excluding diaryl/α,β-unsaturated/α-hetero) is 1. The Morgan fingerprint density at radius 1 is 1.33 bits per heavy atom. The molecular weight excluding hydrogens is 342 g/mol. The lowest BCUT2D eigenvalue weighted by atomic mass is 9.80. The van der Waals surface area contributed by atoms with E-state index in [1.807, 2.05) is 39.0 Å². The first-order valence-corrected chi connectivity index (χ1v) is 9.61. The number of carbonyl (C=O) groups excluding carboxylic acids is 2. The smallest absolute Gasteiger partial charge is 0.411 e. The van der Waals surface area contributed by atoms with E-state index < -0.39 is 17.2 Å². The quantitative estimate of drug-likeness (QED) is 0.799. The van der Waals surface area contributed by atoms with Crippen molar-refractivity contribution >= 4 is 22.8 Å². The second kappa shape index (κ2) is 6.98. The minimum absolute atomic E-state index is 0.0114. The summed E-state index contributed by atoms with van der Waals surface area (Å²) in [6, 6.07) is 5.54. The lowest BCUT2D eigenvalue weighted by Gasteiger charge is -2.39. The molecule has 1 aromatic carbocycles. The molecule has 3 rings (SSSR count). The predicted octanol–water partition coefficient (Wildman–Crippen LogP) is 4.56. The minimum Gasteiger partial charge on any atom is -0.444 e. The first-order valence-electron chi connectivity index (χ1n) is 9.61. The molecule has 0 saturated carbocycles. The normalized spacial score (nSPS) is 20.4. The van der Waals surface area contributed by atoms with Gasteiger partial charge in [-0.2, -0.15) is 5.10 Å². The van der Waals surface area contributed by atoms with Crippen LogP contribution < -0.4 is 0 Å². The summed E-state index contributed by atoms with van der Waals surface area (Å²) in [6.45, 7) is 10.3. The van der Waals surface area contributed by atoms with Crippen molar-refractivity contribution in [3.8, 4) is 0 Å². The third kappa shape index (κ3) is 3.84. The number of fused-ring (bicyclic) bond motifs is 1. The van der Waals surface area contributed by atoms with Gasteiger partial charge in [-0.3, -0.25) is 14.8 Å². The molecule has 1 aliphatic heterocycles. The van der Waals surface area contributed by atoms with Crippen LogP contribution in [0.15, 0.2) is 24.4 Å². The lowest BCUT2D eigenvalue weighted by Crippen LogP contribution is -2.55. The topological polar surface area (TPSA) is 75.3 Å². The monoisotopic (exact) mass is 371 g/mol. The molecule has 146 valence electrons. The number of hydrogen-bond donors (Lipinski definition) is 1. The Labute approximate surface area is 160 Å². The van der Waals surface area contributed by atoms with Crippen molar-refractivity contribution in [2.75, 3.05) is 6.54 Å². The molecule has 1 N–H and O–H groups in total. The summed E-state index contributed by atoms with van der Waals surface area (Å²) < 4.78 is 5.62. The van der Waals surface area contributed by atoms with Crippen LogP contribution in [0.4, 0.5) is 4.79 Å². The summed E-state index contributed by atoms with van der Waals surface area (Å²) >= 11 is 0. The van der Waals surface area contributed by atoms with Gasteiger partial charge in [0, 0.05) is 17.5 Å². The second-order valence-electron chi connectivity index (χ2n) is 8.87. The van der Waals surface area contributed by atoms with Crippen LogP contribution >= 0.6 is 0 Å². The van der Waals surface area contributed by atoms with Gasteiger partial charge in [-0.1, -0.05) is 13.8 Å². The van der Waals surface area contributed by atoms with Gasteiger partial charge < -0.3 is 4.74 Å². The maximum absolute atomic E-state index is 13.7. The minimum atomic E-state index is -0.853. The number of likely N-dealkylation sites (tertiary alicyclic amines) is 1. The molecule has 1 aromatic heterocycles. The first kappa shape index (κ1) is 19.4. The highest BCUT2D eigenvalue weighted by molar-refractivity contribution is 6.06. The summed E-state index contributed by atoms with van der Waals surface area (Å²) in [4.78, 5) is 28.2. The SMILES string of the molecule is CC(C)CC1(C(=O)c2ccc3[nH]ncc3c2)CCCN1C(=O)OC(C)(C)C. The predicted molar refractivity (Wildman–Crippen MR) is 105 cm³/mol. The summed E-state index contributed by atoms with van der Waals surface area (Å²) in [5.74, 6) is 0.261. The maximum Gasteiger partial charge on any atom is 0.411 e. The molecule has 0 aliphatic carbocycles. The van der Waals surface area contributed by atoms with Crippen LogP contribution in [-0.4, -0.2) is 44.7 Å². The number of amides is 1. The molecule has 0 radical (unpaired) electrons. The molecular formula is C21H29N3O3. The molecule has 6 heteroatoms. The van der Waals surface area contributed by atoms with Gasteiger partial charge in [-0.25, -0.2) is 4.79 Å². The van der Waals surface area contributed by atoms with Gasteiger partial charge in [-0.05, 0) is 64.2 Å². The summed E-state index contributed by atoms with van der Waals surface area (Å²) in [5, 5.41) is 7.82. The van der Waals surface area contributed by atoms with Crippen molar-refractivity contribution in [3.05, 3.63) is 30.0 Å². The van der Waals surface area contributed by atoms with E-state index in [0.717, 1.165) is 17.3 Å². The molecule has 1 fully saturated rings. The number of aromatic nitrogens is 2. The molecule has 0 spiro atoms. The molecule has 1 unspecified atom stereocenters. The first-order chi connectivity index (χ1) is 12.6. The average Bonchev–Trinajstić information content (AvgIpc) is 3.18. The van der Waals surface area contributed by atoms with E-state index in [0.29, 0.717) is 24.9 Å². The van der Waals surface area contributed by atoms with Gasteiger partial charge in [0.2, 0.25) is 0 Å². The molecule has 0 bridgehead atoms. The molecule has 6 nitrogen and oxygen atoms in total. The molecule has 1 saturated heterocycles. The largest absolute Gasteiger partial charge is 0.444 e. The Bertz CT molecular complexity index is 850. The van der Waals surface area contributed by atoms with Gasteiger partial charge in [-0.15, -0.1) is 0 Å². The standard InChI is InChI=1S/C21H29N3O3/c1-14(2)12-21(9-6-10-24(21)19(26)27-20(3,4)5)18(25)15-7-8-17-16(11-15)13-22-23-17/h7-8,11,13-14H,6,9-10,12H2,1-5H3,(H,22,23). The molecule has 2 heterocycles. The zero-order valence-corrected chi connectivity index (χ0v) is 16.8. The van der Waals surface area contributed by atoms with E-state index in [1.165, 1.54) is 0 Å². The van der Waals surface area contributed by atoms with Crippen LogP contribution in [0, 0.1) is 5.92 Å². The van der Waals surface area contributed by atoms with Gasteiger partial charge in [0.15, 0.2) is 5.78 Å². The van der Waals surface area contributed by atoms with Crippen molar-refractivity contribution in [3.63, 3.8) is 0 Å². The number of aromatic amines is 1. The van der Waals surface area contributed by atoms with E-state index in [4.69, 9.17) is 4.74 Å². The zero-order valence-electron chi connectivity index (χ0n) is 16.8. The third-order valence-electron chi connectivity index (χ3n) is 4.97. The zero-order chi connectivity index (χ0) is 19.8. The average molecular weight is 371 g/mol. The van der Waals surface area contributed by atoms with Crippen molar-refractivity contribution < 1.29 is 14.3 Å². The molecule has 27 heavy (non-hydrogen) atoms. The fourth-order valence-electron chi connectivity index (χ4n) is 4.03. The molecule has 1 atom stereocenters. The van der Waals surface area contributed by atoms with Crippen LogP contribution in [-0.2, 0) is 4.74 Å². The van der Waals surface area contributed by atoms with Crippen molar-refractivity contribution in [2.45, 2.75) is 65.0 Å². The van der Waals surface area contributed by atoms with E-state index in [-0.39, 0.29) is 11.7 Å². The van der Waals surface area contributed by atoms with E-state index in [2.05, 4.69) is 24.0 Å². The lowest BCUT2D eigenvalue weighted by molar-refractivity contribution is 0.00563. The maximum atomic E-state index is 13.7. The van der Waals surface area contributed by atoms with Gasteiger partial charge >= 0.3 is 6.09 Å². The number of rotatable bonds is 4. The van der Waals surface area contributed by atoms with Crippen LogP contribution in [0.1, 0.15) is 64.2 Å². The molecule has 1 amide bonds. The number of ether oxygens (including phenoxy) is 1. The Kier molecular flexibility index (Phi) is 5.02. The summed E-state index contributed by atoms with van der Waals surface area (Å²) in [5.41, 5.74) is 0.0514. The highest BCUT2D eigenvalue weighted by atomic mass is 16.6. The number of carbonyl (C=O) groups is 2. The second-order valence-corrected chi connectivity index (χ2v) is 8.87. The van der Waals surface area contributed by atoms with Gasteiger partial charge in [0.05, 0.1) is 11.7 Å². The van der Waals surface area contributed by atoms with Crippen molar-refractivity contribution in [1.29, 1.82) is 0 Å². The molecule has 1 aliphatic rings. The van der Waals surface area contributed by atoms with E-state index in [1.54, 1.807) is 11.1 Å². The number of nitrogens with one attached hydrogen (secondary N) is 1. The van der Waals surface area contributed by atoms with Gasteiger partial charge in [0.25, 0.3) is 0 Å². The van der Waals surface area contributed by atoms with Crippen molar-refractivity contribution in [1.82, 2.24) is 15.1 Å². The van der Waals surface area contributed by atoms with Crippen LogP contribution in [0.25, 0.3) is 10.9 Å². The van der Waals surface area contributed by atoms with E-state index in [9.17, 15) is 9.59 Å². The Balaban J connectivity index is 2.00. The Hall–Kier alpha value is -2.37. The van der Waals surface area contributed by atoms with Crippen LogP contribution in [0.5, 0.6) is 0 Å². The number of nitrogens with zero attached hydrogens (tertiary/aromatic N) is 2. The fourth-order valence-corrected chi connectivity index (χ4v) is 4.03. The highest BCUT2D eigenvalue weighted by Crippen LogP contribution is 2.39. The van der Waals surface area contributed by atoms with Crippen LogP contribution in [0.3, 0.4) is 0 Å². The summed E-state index contributed by atoms with van der Waals surface area (Å²) in [6.07, 6.45) is 3.38. The Morgan fingerprint density at radius 2 is 2.07 bits per heavy atom. The number of hydrogen-bond acceptors (Lipinski definition) is 4. The van der Waals surface area contributed by atoms with Gasteiger partial charge in [0.1, 0.15) is 11.1 Å². The third-order valence-corrected chi connectivity index (χ3v) is 4.97. The van der Waals surface area contributed by atoms with Crippen molar-refractivity contribution in [2.24, 2.45) is 5.92 Å². The van der Waals surface area contributed by atoms with Crippen LogP contribution in [0.2, 0.25) is 0 Å². The molecule has 2 aromatic rings. The highest BCUT2D eigenvalue weighted by Gasteiger charge is 2.51. The van der Waals surface area contributed by atoms with E-state index >= 15 is 0 Å². The number of ketones is 1.